The van der Waals surface area contributed by atoms with Gasteiger partial charge >= 0.3 is 0 Å². The van der Waals surface area contributed by atoms with Gasteiger partial charge in [0.2, 0.25) is 23.7 Å². The number of halogens is 3. The van der Waals surface area contributed by atoms with Gasteiger partial charge in [-0.3, -0.25) is 29.6 Å². The molecule has 4 aliphatic rings. The second-order valence-corrected chi connectivity index (χ2v) is 22.8. The van der Waals surface area contributed by atoms with Crippen molar-refractivity contribution in [1.29, 1.82) is 0 Å². The second-order valence-electron chi connectivity index (χ2n) is 18.8. The Morgan fingerprint density at radius 1 is 0.899 bits per heavy atom. The molecule has 3 amide bonds. The van der Waals surface area contributed by atoms with Crippen molar-refractivity contribution in [1.82, 2.24) is 30.1 Å². The minimum absolute atomic E-state index is 0.0262. The van der Waals surface area contributed by atoms with Crippen LogP contribution in [0.3, 0.4) is 0 Å². The molecule has 2 aromatic heterocycles. The zero-order chi connectivity index (χ0) is 48.7. The van der Waals surface area contributed by atoms with Crippen molar-refractivity contribution in [2.75, 3.05) is 93.2 Å². The number of piperidine rings is 2. The van der Waals surface area contributed by atoms with E-state index >= 15 is 8.78 Å². The average molecular weight is 1030 g/mol. The Balaban J connectivity index is 0.796. The number of methoxy groups -OCH3 is 1. The third kappa shape index (κ3) is 10.2. The molecule has 3 aromatic carbocycles. The standard InChI is InChI=1S/C50H58BrF2N10O5P/c1-6-30-23-41(57-50-54-27-36(51)47(59-50)56-40-11-10-39-34(8-7-29(2)55-39)46(40)69(4,5)67)43(68-3)26-42(30)61-17-14-32(15-18-61)60-19-21-62(22-20-60)49(66)31-13-16-63(28-31)33-24-37(52)45(38(53)25-33)35-9-12-44(64)58-48(35)65/h7-8,10-11,23-27,31-32,35H,6,9,12-22,28H2,1-5H3,(H,58,64,65)(H2,54,56,57,59)/t31-,35-/m1/s1. The van der Waals surface area contributed by atoms with E-state index in [1.54, 1.807) is 26.6 Å². The fraction of sp³-hybridized carbons (Fsp3) is 0.440. The van der Waals surface area contributed by atoms with Gasteiger partial charge in [0.25, 0.3) is 0 Å². The van der Waals surface area contributed by atoms with Crippen molar-refractivity contribution in [2.45, 2.75) is 64.3 Å². The van der Waals surface area contributed by atoms with Gasteiger partial charge in [-0.15, -0.1) is 0 Å². The summed E-state index contributed by atoms with van der Waals surface area (Å²) in [6, 6.07) is 14.8. The molecular formula is C50H58BrF2N10O5P. The lowest BCUT2D eigenvalue weighted by Crippen LogP contribution is -2.55. The second kappa shape index (κ2) is 20.0. The highest BCUT2D eigenvalue weighted by atomic mass is 79.9. The minimum Gasteiger partial charge on any atom is -0.494 e. The highest BCUT2D eigenvalue weighted by Crippen LogP contribution is 2.43. The Hall–Kier alpha value is -5.71. The number of amides is 3. The molecule has 0 bridgehead atoms. The van der Waals surface area contributed by atoms with E-state index in [0.29, 0.717) is 77.3 Å². The quantitative estimate of drug-likeness (QED) is 0.0819. The van der Waals surface area contributed by atoms with Gasteiger partial charge in [-0.1, -0.05) is 13.0 Å². The Kier molecular flexibility index (Phi) is 14.0. The van der Waals surface area contributed by atoms with Crippen LogP contribution >= 0.6 is 23.1 Å². The van der Waals surface area contributed by atoms with Crippen LogP contribution in [0.2, 0.25) is 0 Å². The number of ether oxygens (including phenoxy) is 1. The Morgan fingerprint density at radius 2 is 1.62 bits per heavy atom. The molecule has 15 nitrogen and oxygen atoms in total. The number of imide groups is 1. The third-order valence-corrected chi connectivity index (χ3v) is 16.2. The van der Waals surface area contributed by atoms with Crippen LogP contribution in [-0.2, 0) is 25.4 Å². The van der Waals surface area contributed by atoms with Gasteiger partial charge in [0.05, 0.1) is 40.3 Å². The number of carbonyl (C=O) groups is 3. The van der Waals surface area contributed by atoms with Crippen LogP contribution in [-0.4, -0.2) is 121 Å². The number of carbonyl (C=O) groups excluding carboxylic acids is 3. The van der Waals surface area contributed by atoms with Gasteiger partial charge in [0.1, 0.15) is 30.3 Å². The predicted molar refractivity (Wildman–Crippen MR) is 269 cm³/mol. The van der Waals surface area contributed by atoms with Crippen molar-refractivity contribution in [2.24, 2.45) is 5.92 Å². The van der Waals surface area contributed by atoms with Crippen molar-refractivity contribution in [3.8, 4) is 5.75 Å². The number of nitrogens with one attached hydrogen (secondary N) is 3. The van der Waals surface area contributed by atoms with Crippen LogP contribution in [0.25, 0.3) is 10.9 Å². The number of benzene rings is 3. The maximum atomic E-state index is 15.3. The molecule has 0 aliphatic carbocycles. The summed E-state index contributed by atoms with van der Waals surface area (Å²) in [5, 5.41) is 10.5. The molecule has 0 spiro atoms. The van der Waals surface area contributed by atoms with E-state index in [2.05, 4.69) is 70.7 Å². The molecule has 0 radical (unpaired) electrons. The van der Waals surface area contributed by atoms with Crippen LogP contribution in [0.15, 0.2) is 59.2 Å². The van der Waals surface area contributed by atoms with Crippen molar-refractivity contribution in [3.05, 3.63) is 87.7 Å². The van der Waals surface area contributed by atoms with Crippen LogP contribution in [0.1, 0.15) is 61.8 Å². The van der Waals surface area contributed by atoms with Crippen LogP contribution in [0, 0.1) is 24.5 Å². The fourth-order valence-electron chi connectivity index (χ4n) is 10.5. The number of nitrogens with zero attached hydrogens (tertiary/aromatic N) is 7. The highest BCUT2D eigenvalue weighted by molar-refractivity contribution is 9.10. The molecule has 4 fully saturated rings. The number of aromatic nitrogens is 3. The molecule has 5 aromatic rings. The van der Waals surface area contributed by atoms with E-state index in [0.717, 1.165) is 79.0 Å². The van der Waals surface area contributed by atoms with Gasteiger partial charge < -0.3 is 34.6 Å². The van der Waals surface area contributed by atoms with Crippen LogP contribution in [0.4, 0.5) is 43.3 Å². The smallest absolute Gasteiger partial charge is 0.234 e. The van der Waals surface area contributed by atoms with E-state index in [-0.39, 0.29) is 30.2 Å². The molecule has 0 unspecified atom stereocenters. The lowest BCUT2D eigenvalue weighted by atomic mass is 9.89. The number of rotatable bonds is 12. The summed E-state index contributed by atoms with van der Waals surface area (Å²) in [5.74, 6) is -2.50. The third-order valence-electron chi connectivity index (χ3n) is 14.0. The number of piperazine rings is 1. The maximum Gasteiger partial charge on any atom is 0.234 e. The van der Waals surface area contributed by atoms with Crippen molar-refractivity contribution < 1.29 is 32.5 Å². The van der Waals surface area contributed by atoms with E-state index < -0.39 is 36.5 Å². The number of anilines is 6. The van der Waals surface area contributed by atoms with Gasteiger partial charge in [0, 0.05) is 110 Å². The zero-order valence-electron chi connectivity index (χ0n) is 39.6. The molecule has 6 heterocycles. The molecule has 0 saturated carbocycles. The van der Waals surface area contributed by atoms with Crippen molar-refractivity contribution in [3.63, 3.8) is 0 Å². The monoisotopic (exact) mass is 1030 g/mol. The Morgan fingerprint density at radius 3 is 2.30 bits per heavy atom. The average Bonchev–Trinajstić information content (AvgIpc) is 3.83. The molecule has 69 heavy (non-hydrogen) atoms. The maximum absolute atomic E-state index is 15.3. The minimum atomic E-state index is -2.75. The Bertz CT molecular complexity index is 2850. The number of fused-ring (bicyclic) bond motifs is 1. The summed E-state index contributed by atoms with van der Waals surface area (Å²) in [6.07, 6.45) is 5.11. The lowest BCUT2D eigenvalue weighted by molar-refractivity contribution is -0.137. The topological polar surface area (TPSA) is 165 Å². The van der Waals surface area contributed by atoms with Gasteiger partial charge in [-0.2, -0.15) is 4.98 Å². The fourth-order valence-corrected chi connectivity index (χ4v) is 12.3. The first-order chi connectivity index (χ1) is 33.1. The van der Waals surface area contributed by atoms with Gasteiger partial charge in [-0.05, 0) is 110 Å². The van der Waals surface area contributed by atoms with E-state index in [1.807, 2.05) is 41.0 Å². The largest absolute Gasteiger partial charge is 0.494 e. The van der Waals surface area contributed by atoms with E-state index in [9.17, 15) is 18.9 Å². The molecule has 364 valence electrons. The van der Waals surface area contributed by atoms with E-state index in [4.69, 9.17) is 9.72 Å². The summed E-state index contributed by atoms with van der Waals surface area (Å²) >= 11 is 3.61. The normalized spacial score (nSPS) is 19.6. The number of pyridine rings is 1. The zero-order valence-corrected chi connectivity index (χ0v) is 42.1. The molecule has 2 atom stereocenters. The Labute approximate surface area is 409 Å². The SMILES string of the molecule is CCc1cc(Nc2ncc(Br)c(Nc3ccc4nc(C)ccc4c3P(C)(C)=O)n2)c(OC)cc1N1CCC(N2CCN(C(=O)[C@@H]3CCN(c4cc(F)c([C@H]5CCC(=O)NC5=O)c(F)c4)C3)CC2)CC1. The number of hydrogen-bond acceptors (Lipinski definition) is 13. The number of aryl methyl sites for hydroxylation is 2. The molecule has 19 heteroatoms. The summed E-state index contributed by atoms with van der Waals surface area (Å²) < 4.78 is 50.9. The lowest BCUT2D eigenvalue weighted by Gasteiger charge is -2.44. The molecule has 3 N–H and O–H groups in total. The first-order valence-corrected chi connectivity index (χ1v) is 27.1. The highest BCUT2D eigenvalue weighted by Gasteiger charge is 2.37. The van der Waals surface area contributed by atoms with Gasteiger partial charge in [-0.25, -0.2) is 13.8 Å². The molecule has 4 saturated heterocycles. The summed E-state index contributed by atoms with van der Waals surface area (Å²) in [7, 11) is -1.09. The van der Waals surface area contributed by atoms with Crippen LogP contribution in [0.5, 0.6) is 5.75 Å². The molecule has 4 aliphatic heterocycles. The molecular weight excluding hydrogens is 969 g/mol. The van der Waals surface area contributed by atoms with Crippen molar-refractivity contribution >= 4 is 91.5 Å². The first-order valence-electron chi connectivity index (χ1n) is 23.7. The first kappa shape index (κ1) is 48.3. The van der Waals surface area contributed by atoms with E-state index in [1.165, 1.54) is 12.1 Å². The number of hydrogen-bond donors (Lipinski definition) is 3. The molecule has 9 rings (SSSR count). The summed E-state index contributed by atoms with van der Waals surface area (Å²) in [6.45, 7) is 13.0. The summed E-state index contributed by atoms with van der Waals surface area (Å²) in [4.78, 5) is 60.5. The van der Waals surface area contributed by atoms with Gasteiger partial charge in [0.15, 0.2) is 0 Å². The predicted octanol–water partition coefficient (Wildman–Crippen LogP) is 7.84. The summed E-state index contributed by atoms with van der Waals surface area (Å²) in [5.41, 5.74) is 5.41. The van der Waals surface area contributed by atoms with Crippen LogP contribution < -0.4 is 35.8 Å².